The molecule has 0 saturated carbocycles. The van der Waals surface area contributed by atoms with Crippen LogP contribution >= 0.6 is 0 Å². The number of phenolic OH excluding ortho intramolecular Hbond substituents is 1. The summed E-state index contributed by atoms with van der Waals surface area (Å²) >= 11 is 0. The SMILES string of the molecule is COc1cc(C=CC(=O)OCC2OC(O)C(OC3OCC(O)C(O)C3OC3OC(CO)C(O)C(OC4OC(CO)C(O)C(O)C4O)C3O)C2O)ccc1O. The summed E-state index contributed by atoms with van der Waals surface area (Å²) in [5, 5.41) is 124. The highest BCUT2D eigenvalue weighted by atomic mass is 16.8. The van der Waals surface area contributed by atoms with Crippen LogP contribution < -0.4 is 4.74 Å². The molecule has 0 aromatic heterocycles. The van der Waals surface area contributed by atoms with Gasteiger partial charge in [-0.25, -0.2) is 4.79 Å². The number of hydrogen-bond acceptors (Lipinski definition) is 22. The second-order valence-electron chi connectivity index (χ2n) is 12.9. The quantitative estimate of drug-likeness (QED) is 0.0654. The van der Waals surface area contributed by atoms with E-state index >= 15 is 0 Å². The van der Waals surface area contributed by atoms with E-state index in [0.29, 0.717) is 5.56 Å². The molecule has 22 heteroatoms. The number of rotatable bonds is 13. The minimum Gasteiger partial charge on any atom is -0.504 e. The minimum atomic E-state index is -2.03. The lowest BCUT2D eigenvalue weighted by molar-refractivity contribution is -0.384. The van der Waals surface area contributed by atoms with E-state index in [9.17, 15) is 66.1 Å². The molecule has 54 heavy (non-hydrogen) atoms. The topological polar surface area (TPSA) is 343 Å². The van der Waals surface area contributed by atoms with Crippen molar-refractivity contribution in [1.29, 1.82) is 0 Å². The number of ether oxygens (including phenoxy) is 9. The summed E-state index contributed by atoms with van der Waals surface area (Å²) in [6.07, 6.45) is -29.0. The van der Waals surface area contributed by atoms with Crippen LogP contribution in [-0.2, 0) is 42.7 Å². The third kappa shape index (κ3) is 9.29. The Morgan fingerprint density at radius 2 is 1.33 bits per heavy atom. The number of phenols is 1. The Morgan fingerprint density at radius 3 is 2.00 bits per heavy atom. The average molecular weight is 783 g/mol. The lowest BCUT2D eigenvalue weighted by Gasteiger charge is -2.47. The molecule has 0 bridgehead atoms. The van der Waals surface area contributed by atoms with E-state index in [2.05, 4.69) is 0 Å². The summed E-state index contributed by atoms with van der Waals surface area (Å²) in [5.74, 6) is -0.792. The van der Waals surface area contributed by atoms with Crippen molar-refractivity contribution in [3.05, 3.63) is 29.8 Å². The van der Waals surface area contributed by atoms with Crippen molar-refractivity contribution in [1.82, 2.24) is 0 Å². The van der Waals surface area contributed by atoms with E-state index in [-0.39, 0.29) is 11.5 Å². The number of aromatic hydroxyl groups is 1. The Labute approximate surface area is 306 Å². The van der Waals surface area contributed by atoms with Gasteiger partial charge in [-0.1, -0.05) is 6.07 Å². The largest absolute Gasteiger partial charge is 0.504 e. The summed E-state index contributed by atoms with van der Waals surface area (Å²) in [5.41, 5.74) is 0.491. The van der Waals surface area contributed by atoms with Crippen LogP contribution in [0.2, 0.25) is 0 Å². The molecule has 4 saturated heterocycles. The summed E-state index contributed by atoms with van der Waals surface area (Å²) < 4.78 is 48.7. The van der Waals surface area contributed by atoms with E-state index in [1.165, 1.54) is 31.4 Å². The second-order valence-corrected chi connectivity index (χ2v) is 12.9. The maximum absolute atomic E-state index is 12.3. The van der Waals surface area contributed by atoms with E-state index in [0.717, 1.165) is 6.08 Å². The monoisotopic (exact) mass is 782 g/mol. The molecule has 1 aromatic carbocycles. The number of methoxy groups -OCH3 is 1. The zero-order chi connectivity index (χ0) is 39.4. The Bertz CT molecular complexity index is 1400. The third-order valence-electron chi connectivity index (χ3n) is 9.29. The summed E-state index contributed by atoms with van der Waals surface area (Å²) in [6, 6.07) is 4.34. The number of hydrogen-bond donors (Lipinski definition) is 12. The molecule has 22 nitrogen and oxygen atoms in total. The smallest absolute Gasteiger partial charge is 0.330 e. The van der Waals surface area contributed by atoms with Crippen molar-refractivity contribution in [3.63, 3.8) is 0 Å². The average Bonchev–Trinajstić information content (AvgIpc) is 3.43. The van der Waals surface area contributed by atoms with Crippen LogP contribution in [-0.4, -0.2) is 211 Å². The number of esters is 1. The zero-order valence-electron chi connectivity index (χ0n) is 28.6. The van der Waals surface area contributed by atoms with Gasteiger partial charge in [0, 0.05) is 6.08 Å². The molecule has 4 heterocycles. The summed E-state index contributed by atoms with van der Waals surface area (Å²) in [6.45, 7) is -2.80. The fourth-order valence-electron chi connectivity index (χ4n) is 6.18. The van der Waals surface area contributed by atoms with Crippen molar-refractivity contribution in [2.75, 3.05) is 33.5 Å². The van der Waals surface area contributed by atoms with E-state index < -0.39 is 143 Å². The standard InChI is InChI=1S/C32H46O22/c1-46-14-6-11(2-4-12(14)35)3-5-18(37)47-10-17-22(41)27(29(45)49-17)53-32-28(19(38)13(36)9-48-32)54-31-25(44)26(21(40)16(8-34)51-31)52-30-24(43)23(42)20(39)15(7-33)50-30/h2-6,13,15-17,19-36,38-45H,7-10H2,1H3. The van der Waals surface area contributed by atoms with Gasteiger partial charge in [-0.15, -0.1) is 0 Å². The molecule has 0 spiro atoms. The van der Waals surface area contributed by atoms with Gasteiger partial charge < -0.3 is 104 Å². The first kappa shape index (κ1) is 42.5. The highest BCUT2D eigenvalue weighted by Crippen LogP contribution is 2.34. The predicted octanol–water partition coefficient (Wildman–Crippen LogP) is -6.49. The molecule has 0 amide bonds. The van der Waals surface area contributed by atoms with Crippen LogP contribution in [0, 0.1) is 0 Å². The first-order valence-electron chi connectivity index (χ1n) is 16.8. The van der Waals surface area contributed by atoms with Crippen molar-refractivity contribution >= 4 is 12.0 Å². The highest BCUT2D eigenvalue weighted by molar-refractivity contribution is 5.87. The van der Waals surface area contributed by atoms with Crippen LogP contribution in [0.1, 0.15) is 5.56 Å². The Balaban J connectivity index is 1.23. The molecule has 4 aliphatic heterocycles. The molecule has 1 aromatic rings. The molecule has 4 fully saturated rings. The fourth-order valence-corrected chi connectivity index (χ4v) is 6.18. The fraction of sp³-hybridized carbons (Fsp3) is 0.719. The molecule has 4 aliphatic rings. The summed E-state index contributed by atoms with van der Waals surface area (Å²) in [4.78, 5) is 12.3. The van der Waals surface area contributed by atoms with Gasteiger partial charge in [0.1, 0.15) is 92.1 Å². The molecule has 18 unspecified atom stereocenters. The predicted molar refractivity (Wildman–Crippen MR) is 169 cm³/mol. The van der Waals surface area contributed by atoms with Crippen molar-refractivity contribution in [2.24, 2.45) is 0 Å². The summed E-state index contributed by atoms with van der Waals surface area (Å²) in [7, 11) is 1.35. The highest BCUT2D eigenvalue weighted by Gasteiger charge is 2.54. The first-order chi connectivity index (χ1) is 25.7. The van der Waals surface area contributed by atoms with Gasteiger partial charge in [0.05, 0.1) is 26.9 Å². The normalized spacial score (nSPS) is 43.0. The first-order valence-corrected chi connectivity index (χ1v) is 16.8. The molecule has 0 radical (unpaired) electrons. The number of carbonyl (C=O) groups excluding carboxylic acids is 1. The maximum atomic E-state index is 12.3. The van der Waals surface area contributed by atoms with Crippen molar-refractivity contribution < 1.29 is 109 Å². The van der Waals surface area contributed by atoms with E-state index in [1.54, 1.807) is 0 Å². The van der Waals surface area contributed by atoms with Gasteiger partial charge in [0.2, 0.25) is 0 Å². The zero-order valence-corrected chi connectivity index (χ0v) is 28.6. The van der Waals surface area contributed by atoms with Crippen LogP contribution in [0.25, 0.3) is 6.08 Å². The molecule has 18 atom stereocenters. The van der Waals surface area contributed by atoms with E-state index in [4.69, 9.17) is 42.6 Å². The molecule has 0 aliphatic carbocycles. The Hall–Kier alpha value is -2.69. The Morgan fingerprint density at radius 1 is 0.722 bits per heavy atom. The lowest BCUT2D eigenvalue weighted by atomic mass is 9.96. The van der Waals surface area contributed by atoms with Crippen molar-refractivity contribution in [3.8, 4) is 11.5 Å². The maximum Gasteiger partial charge on any atom is 0.330 e. The number of aliphatic hydroxyl groups is 11. The van der Waals surface area contributed by atoms with Gasteiger partial charge in [0.25, 0.3) is 0 Å². The van der Waals surface area contributed by atoms with Gasteiger partial charge >= 0.3 is 5.97 Å². The number of carbonyl (C=O) groups is 1. The molecular formula is C32H46O22. The molecular weight excluding hydrogens is 736 g/mol. The van der Waals surface area contributed by atoms with E-state index in [1.807, 2.05) is 0 Å². The third-order valence-corrected chi connectivity index (χ3v) is 9.29. The van der Waals surface area contributed by atoms with Gasteiger partial charge in [-0.3, -0.25) is 0 Å². The second kappa shape index (κ2) is 18.5. The Kier molecular flexibility index (Phi) is 14.5. The van der Waals surface area contributed by atoms with Crippen LogP contribution in [0.3, 0.4) is 0 Å². The van der Waals surface area contributed by atoms with Crippen LogP contribution in [0.4, 0.5) is 0 Å². The van der Waals surface area contributed by atoms with Crippen LogP contribution in [0.5, 0.6) is 11.5 Å². The number of benzene rings is 1. The van der Waals surface area contributed by atoms with Gasteiger partial charge in [0.15, 0.2) is 36.7 Å². The van der Waals surface area contributed by atoms with Gasteiger partial charge in [-0.05, 0) is 23.8 Å². The molecule has 306 valence electrons. The minimum absolute atomic E-state index is 0.106. The number of aliphatic hydroxyl groups excluding tert-OH is 11. The molecule has 12 N–H and O–H groups in total. The van der Waals surface area contributed by atoms with Crippen LogP contribution in [0.15, 0.2) is 24.3 Å². The molecule has 5 rings (SSSR count). The van der Waals surface area contributed by atoms with Crippen molar-refractivity contribution in [2.45, 2.75) is 111 Å². The lowest BCUT2D eigenvalue weighted by Crippen LogP contribution is -2.66. The van der Waals surface area contributed by atoms with Gasteiger partial charge in [-0.2, -0.15) is 0 Å².